The monoisotopic (exact) mass is 120 g/mol. The molecule has 5 heteroatoms. The summed E-state index contributed by atoms with van der Waals surface area (Å²) < 4.78 is 0. The van der Waals surface area contributed by atoms with Crippen LogP contribution in [-0.2, 0) is 0 Å². The van der Waals surface area contributed by atoms with E-state index in [1.165, 1.54) is 6.92 Å². The van der Waals surface area contributed by atoms with Crippen molar-refractivity contribution in [3.05, 3.63) is 5.21 Å². The van der Waals surface area contributed by atoms with E-state index in [2.05, 4.69) is 5.28 Å². The van der Waals surface area contributed by atoms with Gasteiger partial charge in [0.05, 0.1) is 0 Å². The van der Waals surface area contributed by atoms with Gasteiger partial charge in [-0.15, -0.1) is 0 Å². The van der Waals surface area contributed by atoms with Gasteiger partial charge >= 0.3 is 0 Å². The van der Waals surface area contributed by atoms with E-state index in [0.29, 0.717) is 0 Å². The Bertz CT molecular complexity index is 92.5. The largest absolute Gasteiger partial charge is 0.597 e. The second-order valence-corrected chi connectivity index (χ2v) is 1.42. The number of rotatable bonds is 2. The Labute approximate surface area is 46.4 Å². The third kappa shape index (κ3) is 1.74. The van der Waals surface area contributed by atoms with E-state index >= 15 is 0 Å². The van der Waals surface area contributed by atoms with Crippen LogP contribution in [-0.4, -0.2) is 27.8 Å². The van der Waals surface area contributed by atoms with Gasteiger partial charge in [-0.3, -0.25) is 0 Å². The van der Waals surface area contributed by atoms with Crippen LogP contribution in [0.25, 0.3) is 0 Å². The highest BCUT2D eigenvalue weighted by Gasteiger charge is 2.07. The van der Waals surface area contributed by atoms with Crippen LogP contribution in [0.15, 0.2) is 5.28 Å². The van der Waals surface area contributed by atoms with E-state index in [0.717, 1.165) is 0 Å². The number of aliphatic hydroxyl groups excluding tert-OH is 1. The molecule has 0 aliphatic rings. The molecule has 8 heavy (non-hydrogen) atoms. The van der Waals surface area contributed by atoms with Gasteiger partial charge in [0.15, 0.2) is 5.28 Å². The molecule has 0 rings (SSSR count). The number of hydrogen-bond acceptors (Lipinski definition) is 3. The maximum atomic E-state index is 10.1. The van der Waals surface area contributed by atoms with E-state index < -0.39 is 6.04 Å². The fourth-order valence-electron chi connectivity index (χ4n) is 0.158. The first-order valence-electron chi connectivity index (χ1n) is 2.14. The molecule has 0 fully saturated rings. The molecule has 0 bridgehead atoms. The first-order chi connectivity index (χ1) is 3.72. The van der Waals surface area contributed by atoms with Crippen LogP contribution in [0.1, 0.15) is 6.92 Å². The summed E-state index contributed by atoms with van der Waals surface area (Å²) in [6, 6.07) is -0.667. The van der Waals surface area contributed by atoms with Crippen LogP contribution in [0, 0.1) is 5.21 Å². The van der Waals surface area contributed by atoms with Crippen LogP contribution < -0.4 is 0 Å². The lowest BCUT2D eigenvalue weighted by atomic mass is 10.4. The van der Waals surface area contributed by atoms with Crippen molar-refractivity contribution in [2.75, 3.05) is 6.61 Å². The minimum absolute atomic E-state index is 0.0278. The summed E-state index contributed by atoms with van der Waals surface area (Å²) >= 11 is 0. The molecule has 0 saturated heterocycles. The molecule has 0 aromatic heterocycles. The average Bonchev–Trinajstić information content (AvgIpc) is 1.84. The Balaban J connectivity index is 3.63. The number of nitrogens with zero attached hydrogens (tertiary/aromatic N) is 2. The fraction of sp³-hybridized carbons (Fsp3) is 1.00. The second kappa shape index (κ2) is 3.20. The summed E-state index contributed by atoms with van der Waals surface area (Å²) in [6.45, 7) is 1.13. The fourth-order valence-corrected chi connectivity index (χ4v) is 0.158. The number of hydrogen-bond donors (Lipinski definition) is 2. The van der Waals surface area contributed by atoms with Crippen molar-refractivity contribution < 1.29 is 15.2 Å². The van der Waals surface area contributed by atoms with Crippen molar-refractivity contribution in [2.24, 2.45) is 5.28 Å². The molecule has 0 aromatic rings. The predicted molar refractivity (Wildman–Crippen MR) is 24.4 cm³/mol. The molecule has 0 saturated carbocycles. The van der Waals surface area contributed by atoms with Gasteiger partial charge in [0.25, 0.3) is 0 Å². The second-order valence-electron chi connectivity index (χ2n) is 1.42. The summed E-state index contributed by atoms with van der Waals surface area (Å²) in [6.07, 6.45) is 0. The van der Waals surface area contributed by atoms with Gasteiger partial charge in [-0.25, -0.2) is 0 Å². The Morgan fingerprint density at radius 2 is 2.38 bits per heavy atom. The Kier molecular flexibility index (Phi) is 2.86. The van der Waals surface area contributed by atoms with Gasteiger partial charge < -0.3 is 15.5 Å². The molecule has 1 unspecified atom stereocenters. The van der Waals surface area contributed by atoms with Crippen LogP contribution in [0.5, 0.6) is 0 Å². The predicted octanol–water partition coefficient (Wildman–Crippen LogP) is -0.281. The molecule has 0 heterocycles. The molecular formula is C3H8N2O3. The summed E-state index contributed by atoms with van der Waals surface area (Å²) in [5.74, 6) is 0. The molecule has 0 aromatic carbocycles. The summed E-state index contributed by atoms with van der Waals surface area (Å²) in [5, 5.41) is 28.3. The van der Waals surface area contributed by atoms with Gasteiger partial charge in [0, 0.05) is 6.92 Å². The molecule has 0 aliphatic carbocycles. The van der Waals surface area contributed by atoms with Crippen molar-refractivity contribution in [3.63, 3.8) is 0 Å². The lowest BCUT2D eigenvalue weighted by Gasteiger charge is -2.01. The third-order valence-corrected chi connectivity index (χ3v) is 0.729. The Hall–Kier alpha value is -0.840. The topological polar surface area (TPSA) is 78.9 Å². The smallest absolute Gasteiger partial charge is 0.213 e. The Morgan fingerprint density at radius 1 is 1.88 bits per heavy atom. The van der Waals surface area contributed by atoms with Crippen molar-refractivity contribution in [3.8, 4) is 0 Å². The van der Waals surface area contributed by atoms with Gasteiger partial charge in [-0.1, -0.05) is 4.86 Å². The molecular weight excluding hydrogens is 112 g/mol. The molecule has 0 radical (unpaired) electrons. The standard InChI is InChI=1S/C3H8N2O3/c1-3(2-6)5(8)4-7/h3,6-7H,2H2,1H3/b5-4+. The van der Waals surface area contributed by atoms with Gasteiger partial charge in [-0.2, -0.15) is 0 Å². The highest BCUT2D eigenvalue weighted by atomic mass is 16.6. The average molecular weight is 120 g/mol. The highest BCUT2D eigenvalue weighted by Crippen LogP contribution is 1.85. The molecule has 1 atom stereocenters. The van der Waals surface area contributed by atoms with E-state index in [1.54, 1.807) is 0 Å². The van der Waals surface area contributed by atoms with Gasteiger partial charge in [0.1, 0.15) is 6.61 Å². The normalized spacial score (nSPS) is 16.0. The van der Waals surface area contributed by atoms with Crippen molar-refractivity contribution in [1.29, 1.82) is 0 Å². The molecule has 5 nitrogen and oxygen atoms in total. The molecule has 0 amide bonds. The van der Waals surface area contributed by atoms with Crippen molar-refractivity contribution >= 4 is 0 Å². The maximum Gasteiger partial charge on any atom is 0.213 e. The van der Waals surface area contributed by atoms with Crippen molar-refractivity contribution in [2.45, 2.75) is 13.0 Å². The van der Waals surface area contributed by atoms with E-state index in [1.807, 2.05) is 0 Å². The summed E-state index contributed by atoms with van der Waals surface area (Å²) in [4.78, 5) is 0.0278. The van der Waals surface area contributed by atoms with Crippen LogP contribution >= 0.6 is 0 Å². The molecule has 0 aliphatic heterocycles. The summed E-state index contributed by atoms with van der Waals surface area (Å²) in [5.41, 5.74) is 0. The summed E-state index contributed by atoms with van der Waals surface area (Å²) in [7, 11) is 0. The number of aliphatic hydroxyl groups is 1. The third-order valence-electron chi connectivity index (χ3n) is 0.729. The lowest BCUT2D eigenvalue weighted by Crippen LogP contribution is -2.19. The van der Waals surface area contributed by atoms with Crippen molar-refractivity contribution in [1.82, 2.24) is 0 Å². The zero-order valence-corrected chi connectivity index (χ0v) is 4.48. The SMILES string of the molecule is CC(CO)/[N+]([O-])=N\O. The zero-order chi connectivity index (χ0) is 6.57. The minimum Gasteiger partial charge on any atom is -0.597 e. The molecule has 2 N–H and O–H groups in total. The van der Waals surface area contributed by atoms with E-state index in [-0.39, 0.29) is 11.5 Å². The first-order valence-corrected chi connectivity index (χ1v) is 2.14. The van der Waals surface area contributed by atoms with Crippen LogP contribution in [0.4, 0.5) is 0 Å². The lowest BCUT2D eigenvalue weighted by molar-refractivity contribution is -0.590. The van der Waals surface area contributed by atoms with E-state index in [4.69, 9.17) is 10.3 Å². The number of hydroxylamine groups is 1. The van der Waals surface area contributed by atoms with Gasteiger partial charge in [0.2, 0.25) is 6.04 Å². The van der Waals surface area contributed by atoms with Crippen LogP contribution in [0.3, 0.4) is 0 Å². The highest BCUT2D eigenvalue weighted by molar-refractivity contribution is 4.37. The molecule has 48 valence electrons. The quantitative estimate of drug-likeness (QED) is 0.299. The first kappa shape index (κ1) is 7.16. The van der Waals surface area contributed by atoms with Crippen LogP contribution in [0.2, 0.25) is 0 Å². The maximum absolute atomic E-state index is 10.1. The van der Waals surface area contributed by atoms with Gasteiger partial charge in [-0.05, 0) is 0 Å². The zero-order valence-electron chi connectivity index (χ0n) is 4.48. The molecule has 0 spiro atoms. The Morgan fingerprint density at radius 3 is 2.50 bits per heavy atom. The van der Waals surface area contributed by atoms with E-state index in [9.17, 15) is 5.21 Å². The minimum atomic E-state index is -0.667.